The summed E-state index contributed by atoms with van der Waals surface area (Å²) >= 11 is 6.24. The van der Waals surface area contributed by atoms with Gasteiger partial charge in [0.2, 0.25) is 5.78 Å². The molecule has 1 fully saturated rings. The van der Waals surface area contributed by atoms with E-state index in [9.17, 15) is 9.59 Å². The van der Waals surface area contributed by atoms with Crippen LogP contribution in [0.5, 0.6) is 0 Å². The van der Waals surface area contributed by atoms with Crippen LogP contribution in [0.15, 0.2) is 66.9 Å². The van der Waals surface area contributed by atoms with Crippen molar-refractivity contribution in [1.82, 2.24) is 15.1 Å². The predicted molar refractivity (Wildman–Crippen MR) is 109 cm³/mol. The number of carbonyl (C=O) groups excluding carboxylic acids is 2. The van der Waals surface area contributed by atoms with Gasteiger partial charge in [-0.25, -0.2) is 4.68 Å². The molecule has 0 bridgehead atoms. The smallest absolute Gasteiger partial charge is 0.258 e. The minimum atomic E-state index is -0.603. The number of hydrogen-bond donors (Lipinski definition) is 2. The van der Waals surface area contributed by atoms with Gasteiger partial charge in [-0.2, -0.15) is 5.10 Å². The average Bonchev–Trinajstić information content (AvgIpc) is 3.25. The number of nitrogens with one attached hydrogen (secondary N) is 2. The molecule has 1 atom stereocenters. The van der Waals surface area contributed by atoms with E-state index in [0.29, 0.717) is 15.6 Å². The normalized spacial score (nSPS) is 16.2. The molecular formula is C19H14N4O2S2. The fourth-order valence-electron chi connectivity index (χ4n) is 2.68. The molecule has 0 radical (unpaired) electrons. The maximum atomic E-state index is 13.0. The van der Waals surface area contributed by atoms with Gasteiger partial charge in [-0.05, 0) is 12.1 Å². The molecule has 0 spiro atoms. The van der Waals surface area contributed by atoms with E-state index >= 15 is 0 Å². The Labute approximate surface area is 165 Å². The molecule has 0 aliphatic carbocycles. The van der Waals surface area contributed by atoms with Gasteiger partial charge in [0, 0.05) is 5.56 Å². The van der Waals surface area contributed by atoms with Crippen LogP contribution in [0, 0.1) is 0 Å². The highest BCUT2D eigenvalue weighted by molar-refractivity contribution is 8.24. The minimum absolute atomic E-state index is 0.223. The van der Waals surface area contributed by atoms with Crippen LogP contribution in [0.3, 0.4) is 0 Å². The van der Waals surface area contributed by atoms with Crippen molar-refractivity contribution in [2.45, 2.75) is 5.37 Å². The van der Waals surface area contributed by atoms with E-state index in [1.165, 1.54) is 11.8 Å². The Balaban J connectivity index is 1.73. The number of para-hydroxylation sites is 1. The number of amides is 1. The molecule has 0 saturated carbocycles. The van der Waals surface area contributed by atoms with Crippen LogP contribution in [0.1, 0.15) is 16.1 Å². The van der Waals surface area contributed by atoms with Gasteiger partial charge in [-0.3, -0.25) is 9.59 Å². The van der Waals surface area contributed by atoms with E-state index in [2.05, 4.69) is 15.7 Å². The Morgan fingerprint density at radius 2 is 1.78 bits per heavy atom. The van der Waals surface area contributed by atoms with E-state index in [1.807, 2.05) is 36.4 Å². The molecule has 2 N–H and O–H groups in total. The van der Waals surface area contributed by atoms with Crippen molar-refractivity contribution in [2.24, 2.45) is 0 Å². The largest absolute Gasteiger partial charge is 0.362 e. The molecule has 8 heteroatoms. The number of anilines is 1. The van der Waals surface area contributed by atoms with E-state index < -0.39 is 5.37 Å². The molecule has 3 aromatic rings. The summed E-state index contributed by atoms with van der Waals surface area (Å²) < 4.78 is 2.03. The lowest BCUT2D eigenvalue weighted by Crippen LogP contribution is -2.29. The maximum Gasteiger partial charge on any atom is 0.258 e. The first-order valence-corrected chi connectivity index (χ1v) is 9.43. The van der Waals surface area contributed by atoms with Crippen molar-refractivity contribution < 1.29 is 9.59 Å². The third-order valence-corrected chi connectivity index (χ3v) is 5.24. The Bertz CT molecular complexity index is 1020. The van der Waals surface area contributed by atoms with Crippen molar-refractivity contribution in [3.05, 3.63) is 78.1 Å². The zero-order valence-corrected chi connectivity index (χ0v) is 15.6. The van der Waals surface area contributed by atoms with Crippen molar-refractivity contribution in [1.29, 1.82) is 0 Å². The summed E-state index contributed by atoms with van der Waals surface area (Å²) in [4.78, 5) is 25.0. The number of thioether (sulfide) groups is 1. The van der Waals surface area contributed by atoms with Crippen LogP contribution >= 0.6 is 24.0 Å². The topological polar surface area (TPSA) is 76.0 Å². The van der Waals surface area contributed by atoms with Crippen LogP contribution in [0.2, 0.25) is 0 Å². The fourth-order valence-corrected chi connectivity index (χ4v) is 3.79. The highest BCUT2D eigenvalue weighted by atomic mass is 32.2. The minimum Gasteiger partial charge on any atom is -0.362 e. The highest BCUT2D eigenvalue weighted by Gasteiger charge is 2.31. The molecule has 1 aromatic heterocycles. The second-order valence-electron chi connectivity index (χ2n) is 5.79. The lowest BCUT2D eigenvalue weighted by Gasteiger charge is -2.09. The first-order chi connectivity index (χ1) is 13.1. The highest BCUT2D eigenvalue weighted by Crippen LogP contribution is 2.26. The van der Waals surface area contributed by atoms with E-state index in [0.717, 1.165) is 5.69 Å². The first kappa shape index (κ1) is 17.4. The Kier molecular flexibility index (Phi) is 4.74. The number of hydrogen-bond acceptors (Lipinski definition) is 6. The number of thiocarbonyl (C=S) groups is 1. The van der Waals surface area contributed by atoms with Gasteiger partial charge in [0.15, 0.2) is 11.1 Å². The van der Waals surface area contributed by atoms with Gasteiger partial charge in [0.05, 0.1) is 17.6 Å². The Morgan fingerprint density at radius 3 is 2.41 bits per heavy atom. The molecular weight excluding hydrogens is 380 g/mol. The quantitative estimate of drug-likeness (QED) is 0.512. The summed E-state index contributed by atoms with van der Waals surface area (Å²) in [6.07, 6.45) is 1.71. The van der Waals surface area contributed by atoms with Crippen LogP contribution < -0.4 is 10.6 Å². The molecule has 1 amide bonds. The molecule has 1 saturated heterocycles. The van der Waals surface area contributed by atoms with Crippen LogP contribution in [0.4, 0.5) is 5.69 Å². The molecule has 0 unspecified atom stereocenters. The van der Waals surface area contributed by atoms with E-state index in [1.54, 1.807) is 35.1 Å². The number of rotatable bonds is 5. The first-order valence-electron chi connectivity index (χ1n) is 8.15. The molecule has 134 valence electrons. The van der Waals surface area contributed by atoms with Gasteiger partial charge in [-0.15, -0.1) is 0 Å². The summed E-state index contributed by atoms with van der Waals surface area (Å²) in [5.41, 5.74) is 2.06. The molecule has 2 aromatic carbocycles. The lowest BCUT2D eigenvalue weighted by atomic mass is 10.1. The standard InChI is InChI=1S/C19H14N4O2S2/c24-16(12-7-3-1-4-8-12)15-14(20-18-17(25)21-19(26)27-18)11-23(22-15)13-9-5-2-6-10-13/h1-11,18,20H,(H,21,25,26)/t18-/m0/s1. The molecule has 4 rings (SSSR count). The SMILES string of the molecule is O=C(c1ccccc1)c1nn(-c2ccccc2)cc1N[C@H]1SC(=S)NC1=O. The van der Waals surface area contributed by atoms with Gasteiger partial charge in [0.25, 0.3) is 5.91 Å². The summed E-state index contributed by atoms with van der Waals surface area (Å²) in [5.74, 6) is -0.464. The fraction of sp³-hybridized carbons (Fsp3) is 0.0526. The molecule has 1 aliphatic heterocycles. The third kappa shape index (κ3) is 3.62. The number of aromatic nitrogens is 2. The van der Waals surface area contributed by atoms with Gasteiger partial charge >= 0.3 is 0 Å². The van der Waals surface area contributed by atoms with E-state index in [4.69, 9.17) is 12.2 Å². The number of carbonyl (C=O) groups is 2. The van der Waals surface area contributed by atoms with Crippen molar-refractivity contribution in [2.75, 3.05) is 5.32 Å². The predicted octanol–water partition coefficient (Wildman–Crippen LogP) is 2.99. The maximum absolute atomic E-state index is 13.0. The van der Waals surface area contributed by atoms with Gasteiger partial charge in [-0.1, -0.05) is 72.5 Å². The van der Waals surface area contributed by atoms with E-state index in [-0.39, 0.29) is 17.4 Å². The molecule has 6 nitrogen and oxygen atoms in total. The molecule has 1 aliphatic rings. The van der Waals surface area contributed by atoms with Crippen LogP contribution in [-0.4, -0.2) is 31.2 Å². The van der Waals surface area contributed by atoms with Gasteiger partial charge in [0.1, 0.15) is 4.32 Å². The zero-order valence-electron chi connectivity index (χ0n) is 14.0. The summed E-state index contributed by atoms with van der Waals surface area (Å²) in [7, 11) is 0. The van der Waals surface area contributed by atoms with Crippen LogP contribution in [-0.2, 0) is 4.79 Å². The second-order valence-corrected chi connectivity index (χ2v) is 7.57. The summed E-state index contributed by atoms with van der Waals surface area (Å²) in [6, 6.07) is 18.4. The van der Waals surface area contributed by atoms with Gasteiger partial charge < -0.3 is 10.6 Å². The number of benzene rings is 2. The summed E-state index contributed by atoms with van der Waals surface area (Å²) in [5, 5.41) is 9.55. The zero-order chi connectivity index (χ0) is 18.8. The number of nitrogens with zero attached hydrogens (tertiary/aromatic N) is 2. The lowest BCUT2D eigenvalue weighted by molar-refractivity contribution is -0.118. The summed E-state index contributed by atoms with van der Waals surface area (Å²) in [6.45, 7) is 0. The van der Waals surface area contributed by atoms with Crippen molar-refractivity contribution in [3.63, 3.8) is 0 Å². The monoisotopic (exact) mass is 394 g/mol. The molecule has 2 heterocycles. The third-order valence-electron chi connectivity index (χ3n) is 3.96. The molecule has 27 heavy (non-hydrogen) atoms. The van der Waals surface area contributed by atoms with Crippen molar-refractivity contribution in [3.8, 4) is 5.69 Å². The van der Waals surface area contributed by atoms with Crippen molar-refractivity contribution >= 4 is 45.7 Å². The van der Waals surface area contributed by atoms with Crippen LogP contribution in [0.25, 0.3) is 5.69 Å². The average molecular weight is 394 g/mol. The number of ketones is 1. The second kappa shape index (κ2) is 7.34. The Morgan fingerprint density at radius 1 is 1.11 bits per heavy atom. The Hall–Kier alpha value is -2.97.